The molecule has 1 aromatic carbocycles. The van der Waals surface area contributed by atoms with E-state index in [2.05, 4.69) is 39.6 Å². The summed E-state index contributed by atoms with van der Waals surface area (Å²) in [5, 5.41) is 3.34. The number of nitrogens with zero attached hydrogens (tertiary/aromatic N) is 2. The van der Waals surface area contributed by atoms with E-state index in [0.29, 0.717) is 12.5 Å². The van der Waals surface area contributed by atoms with E-state index >= 15 is 0 Å². The molecule has 0 bridgehead atoms. The lowest BCUT2D eigenvalue weighted by molar-refractivity contribution is 0.325. The second-order valence-corrected chi connectivity index (χ2v) is 4.46. The first-order chi connectivity index (χ1) is 9.81. The average Bonchev–Trinajstić information content (AvgIpc) is 2.48. The van der Waals surface area contributed by atoms with Crippen LogP contribution < -0.4 is 10.1 Å². The first kappa shape index (κ1) is 14.3. The second-order valence-electron chi connectivity index (χ2n) is 4.46. The summed E-state index contributed by atoms with van der Waals surface area (Å²) in [5.74, 6) is 2.27. The monoisotopic (exact) mass is 271 g/mol. The van der Waals surface area contributed by atoms with Gasteiger partial charge in [0, 0.05) is 19.0 Å². The Labute approximate surface area is 120 Å². The topological polar surface area (TPSA) is 47.0 Å². The zero-order chi connectivity index (χ0) is 14.2. The number of hydrogen-bond acceptors (Lipinski definition) is 4. The van der Waals surface area contributed by atoms with Gasteiger partial charge in [-0.2, -0.15) is 4.98 Å². The molecule has 1 aromatic heterocycles. The van der Waals surface area contributed by atoms with Gasteiger partial charge >= 0.3 is 0 Å². The van der Waals surface area contributed by atoms with Crippen LogP contribution in [0.25, 0.3) is 0 Å². The molecule has 0 spiro atoms. The van der Waals surface area contributed by atoms with Gasteiger partial charge in [0.05, 0.1) is 6.61 Å². The Morgan fingerprint density at radius 2 is 1.90 bits per heavy atom. The van der Waals surface area contributed by atoms with Crippen LogP contribution in [0.15, 0.2) is 36.4 Å². The minimum Gasteiger partial charge on any atom is -0.478 e. The fraction of sp³-hybridized carbons (Fsp3) is 0.375. The average molecular weight is 271 g/mol. The number of rotatable bonds is 7. The van der Waals surface area contributed by atoms with Crippen LogP contribution in [0.2, 0.25) is 0 Å². The number of anilines is 1. The van der Waals surface area contributed by atoms with E-state index in [-0.39, 0.29) is 0 Å². The van der Waals surface area contributed by atoms with Crippen molar-refractivity contribution in [2.45, 2.75) is 26.7 Å². The molecule has 0 fully saturated rings. The summed E-state index contributed by atoms with van der Waals surface area (Å²) >= 11 is 0. The van der Waals surface area contributed by atoms with Crippen molar-refractivity contribution in [1.82, 2.24) is 9.97 Å². The molecule has 0 atom stereocenters. The predicted molar refractivity (Wildman–Crippen MR) is 81.2 cm³/mol. The highest BCUT2D eigenvalue weighted by Gasteiger charge is 2.04. The third kappa shape index (κ3) is 4.23. The van der Waals surface area contributed by atoms with Crippen LogP contribution >= 0.6 is 0 Å². The molecule has 1 heterocycles. The number of aromatic nitrogens is 2. The summed E-state index contributed by atoms with van der Waals surface area (Å²) in [6.45, 7) is 5.45. The zero-order valence-electron chi connectivity index (χ0n) is 12.1. The maximum atomic E-state index is 5.46. The van der Waals surface area contributed by atoms with Gasteiger partial charge in [-0.05, 0) is 18.9 Å². The second kappa shape index (κ2) is 7.48. The van der Waals surface area contributed by atoms with E-state index in [1.165, 1.54) is 5.56 Å². The van der Waals surface area contributed by atoms with Crippen molar-refractivity contribution in [1.29, 1.82) is 0 Å². The largest absolute Gasteiger partial charge is 0.478 e. The Kier molecular flexibility index (Phi) is 5.35. The summed E-state index contributed by atoms with van der Waals surface area (Å²) in [6, 6.07) is 12.3. The highest BCUT2D eigenvalue weighted by Crippen LogP contribution is 2.14. The molecule has 2 rings (SSSR count). The van der Waals surface area contributed by atoms with Gasteiger partial charge in [0.25, 0.3) is 0 Å². The summed E-state index contributed by atoms with van der Waals surface area (Å²) in [7, 11) is 0. The standard InChI is InChI=1S/C16H21N3O/c1-3-14-18-15(12-16(19-14)20-4-2)17-11-10-13-8-6-5-7-9-13/h5-9,12H,3-4,10-11H2,1-2H3,(H,17,18,19). The van der Waals surface area contributed by atoms with Gasteiger partial charge in [-0.25, -0.2) is 4.98 Å². The Hall–Kier alpha value is -2.10. The minimum absolute atomic E-state index is 0.615. The van der Waals surface area contributed by atoms with Crippen molar-refractivity contribution >= 4 is 5.82 Å². The van der Waals surface area contributed by atoms with Crippen molar-refractivity contribution in [3.8, 4) is 5.88 Å². The van der Waals surface area contributed by atoms with Crippen LogP contribution in [0.4, 0.5) is 5.82 Å². The summed E-state index contributed by atoms with van der Waals surface area (Å²) < 4.78 is 5.46. The van der Waals surface area contributed by atoms with Gasteiger partial charge < -0.3 is 10.1 Å². The van der Waals surface area contributed by atoms with E-state index in [4.69, 9.17) is 4.74 Å². The quantitative estimate of drug-likeness (QED) is 0.840. The van der Waals surface area contributed by atoms with Gasteiger partial charge in [-0.15, -0.1) is 0 Å². The summed E-state index contributed by atoms with van der Waals surface area (Å²) in [4.78, 5) is 8.80. The van der Waals surface area contributed by atoms with E-state index in [0.717, 1.165) is 31.0 Å². The van der Waals surface area contributed by atoms with Gasteiger partial charge in [0.15, 0.2) is 0 Å². The van der Waals surface area contributed by atoms with Gasteiger partial charge in [-0.1, -0.05) is 37.3 Å². The van der Waals surface area contributed by atoms with Crippen LogP contribution in [0, 0.1) is 0 Å². The first-order valence-electron chi connectivity index (χ1n) is 7.10. The molecule has 0 aliphatic carbocycles. The molecular formula is C16H21N3O. The number of ether oxygens (including phenoxy) is 1. The Morgan fingerprint density at radius 3 is 2.60 bits per heavy atom. The van der Waals surface area contributed by atoms with E-state index in [1.807, 2.05) is 26.0 Å². The number of aryl methyl sites for hydroxylation is 1. The molecule has 0 aliphatic rings. The molecular weight excluding hydrogens is 250 g/mol. The van der Waals surface area contributed by atoms with E-state index in [1.54, 1.807) is 0 Å². The summed E-state index contributed by atoms with van der Waals surface area (Å²) in [6.07, 6.45) is 1.77. The molecule has 4 heteroatoms. The predicted octanol–water partition coefficient (Wildman–Crippen LogP) is 3.09. The molecule has 0 aliphatic heterocycles. The molecule has 0 radical (unpaired) electrons. The van der Waals surface area contributed by atoms with Crippen LogP contribution in [0.1, 0.15) is 25.2 Å². The SMILES string of the molecule is CCOc1cc(NCCc2ccccc2)nc(CC)n1. The van der Waals surface area contributed by atoms with Crippen LogP contribution in [0.3, 0.4) is 0 Å². The highest BCUT2D eigenvalue weighted by atomic mass is 16.5. The van der Waals surface area contributed by atoms with E-state index in [9.17, 15) is 0 Å². The van der Waals surface area contributed by atoms with Crippen molar-refractivity contribution in [2.75, 3.05) is 18.5 Å². The molecule has 0 amide bonds. The molecule has 2 aromatic rings. The Balaban J connectivity index is 1.96. The van der Waals surface area contributed by atoms with Crippen molar-refractivity contribution in [2.24, 2.45) is 0 Å². The third-order valence-electron chi connectivity index (χ3n) is 2.92. The van der Waals surface area contributed by atoms with Gasteiger partial charge in [-0.3, -0.25) is 0 Å². The molecule has 0 unspecified atom stereocenters. The molecule has 1 N–H and O–H groups in total. The van der Waals surface area contributed by atoms with Gasteiger partial charge in [0.1, 0.15) is 11.6 Å². The molecule has 4 nitrogen and oxygen atoms in total. The smallest absolute Gasteiger partial charge is 0.218 e. The number of nitrogens with one attached hydrogen (secondary N) is 1. The maximum absolute atomic E-state index is 5.46. The lowest BCUT2D eigenvalue weighted by atomic mass is 10.1. The molecule has 0 saturated heterocycles. The molecule has 20 heavy (non-hydrogen) atoms. The van der Waals surface area contributed by atoms with Crippen molar-refractivity contribution in [3.05, 3.63) is 47.8 Å². The summed E-state index contributed by atoms with van der Waals surface area (Å²) in [5.41, 5.74) is 1.31. The lowest BCUT2D eigenvalue weighted by Crippen LogP contribution is -2.09. The first-order valence-corrected chi connectivity index (χ1v) is 7.10. The number of hydrogen-bond donors (Lipinski definition) is 1. The normalized spacial score (nSPS) is 10.3. The Morgan fingerprint density at radius 1 is 1.10 bits per heavy atom. The van der Waals surface area contributed by atoms with Crippen LogP contribution in [-0.2, 0) is 12.8 Å². The minimum atomic E-state index is 0.615. The fourth-order valence-electron chi connectivity index (χ4n) is 1.92. The lowest BCUT2D eigenvalue weighted by Gasteiger charge is -2.09. The number of benzene rings is 1. The Bertz CT molecular complexity index is 529. The fourth-order valence-corrected chi connectivity index (χ4v) is 1.92. The third-order valence-corrected chi connectivity index (χ3v) is 2.92. The van der Waals surface area contributed by atoms with Gasteiger partial charge in [0.2, 0.25) is 5.88 Å². The van der Waals surface area contributed by atoms with E-state index < -0.39 is 0 Å². The highest BCUT2D eigenvalue weighted by molar-refractivity contribution is 5.38. The molecule has 0 saturated carbocycles. The zero-order valence-corrected chi connectivity index (χ0v) is 12.1. The van der Waals surface area contributed by atoms with Crippen molar-refractivity contribution < 1.29 is 4.74 Å². The molecule has 106 valence electrons. The van der Waals surface area contributed by atoms with Crippen LogP contribution in [-0.4, -0.2) is 23.1 Å². The van der Waals surface area contributed by atoms with Crippen LogP contribution in [0.5, 0.6) is 5.88 Å². The van der Waals surface area contributed by atoms with Crippen molar-refractivity contribution in [3.63, 3.8) is 0 Å². The maximum Gasteiger partial charge on any atom is 0.218 e.